The molecule has 3 nitrogen and oxygen atoms in total. The molecule has 0 bridgehead atoms. The maximum absolute atomic E-state index is 9.00. The summed E-state index contributed by atoms with van der Waals surface area (Å²) in [6.07, 6.45) is 2.67. The number of hydrogen-bond acceptors (Lipinski definition) is 3. The molecule has 0 aliphatic heterocycles. The van der Waals surface area contributed by atoms with E-state index in [-0.39, 0.29) is 18.2 Å². The molecule has 0 saturated carbocycles. The van der Waals surface area contributed by atoms with Crippen molar-refractivity contribution in [2.45, 2.75) is 44.7 Å². The number of rotatable bonds is 8. The number of nitrogens with two attached hydrogens (primary N) is 1. The van der Waals surface area contributed by atoms with Crippen LogP contribution >= 0.6 is 0 Å². The van der Waals surface area contributed by atoms with E-state index in [1.54, 1.807) is 0 Å². The van der Waals surface area contributed by atoms with Crippen LogP contribution in [0.2, 0.25) is 0 Å². The number of hydrogen-bond donors (Lipinski definition) is 3. The van der Waals surface area contributed by atoms with Crippen molar-refractivity contribution in [1.82, 2.24) is 5.32 Å². The lowest BCUT2D eigenvalue weighted by Gasteiger charge is -2.36. The molecule has 0 fully saturated rings. The van der Waals surface area contributed by atoms with Crippen molar-refractivity contribution in [3.05, 3.63) is 35.9 Å². The molecule has 1 aromatic carbocycles. The van der Waals surface area contributed by atoms with E-state index < -0.39 is 0 Å². The fraction of sp³-hybridized carbons (Fsp3) is 0.600. The zero-order valence-corrected chi connectivity index (χ0v) is 11.5. The van der Waals surface area contributed by atoms with E-state index in [1.807, 2.05) is 6.07 Å². The molecule has 1 rings (SSSR count). The van der Waals surface area contributed by atoms with Crippen LogP contribution in [-0.4, -0.2) is 29.8 Å². The third-order valence-electron chi connectivity index (χ3n) is 3.57. The Bertz CT molecular complexity index is 323. The van der Waals surface area contributed by atoms with E-state index >= 15 is 0 Å². The highest BCUT2D eigenvalue weighted by Crippen LogP contribution is 2.18. The monoisotopic (exact) mass is 250 g/mol. The van der Waals surface area contributed by atoms with E-state index in [0.717, 1.165) is 19.3 Å². The van der Waals surface area contributed by atoms with Crippen LogP contribution in [0.5, 0.6) is 0 Å². The second kappa shape index (κ2) is 7.52. The third kappa shape index (κ3) is 4.41. The first-order valence-corrected chi connectivity index (χ1v) is 6.78. The molecule has 0 aliphatic carbocycles. The molecule has 0 heterocycles. The van der Waals surface area contributed by atoms with Crippen LogP contribution in [0, 0.1) is 0 Å². The summed E-state index contributed by atoms with van der Waals surface area (Å²) in [5.41, 5.74) is 7.21. The van der Waals surface area contributed by atoms with Gasteiger partial charge in [0.05, 0.1) is 0 Å². The molecule has 1 aromatic rings. The smallest absolute Gasteiger partial charge is 0.0445 e. The van der Waals surface area contributed by atoms with Gasteiger partial charge >= 0.3 is 0 Å². The maximum atomic E-state index is 9.00. The minimum Gasteiger partial charge on any atom is -0.396 e. The van der Waals surface area contributed by atoms with Crippen molar-refractivity contribution in [1.29, 1.82) is 0 Å². The van der Waals surface area contributed by atoms with Gasteiger partial charge < -0.3 is 16.2 Å². The molecule has 0 radical (unpaired) electrons. The van der Waals surface area contributed by atoms with Crippen molar-refractivity contribution < 1.29 is 5.11 Å². The van der Waals surface area contributed by atoms with Gasteiger partial charge in [-0.3, -0.25) is 0 Å². The number of nitrogens with one attached hydrogen (secondary N) is 1. The van der Waals surface area contributed by atoms with E-state index in [2.05, 4.69) is 43.4 Å². The minimum absolute atomic E-state index is 0.0735. The maximum Gasteiger partial charge on any atom is 0.0445 e. The summed E-state index contributed by atoms with van der Waals surface area (Å²) in [4.78, 5) is 0. The SMILES string of the molecule is CCC(CN)(Cc1ccccc1)NC(C)CCO. The number of aliphatic hydroxyl groups excluding tert-OH is 1. The van der Waals surface area contributed by atoms with Crippen LogP contribution in [0.4, 0.5) is 0 Å². The molecule has 0 saturated heterocycles. The molecule has 0 spiro atoms. The van der Waals surface area contributed by atoms with Crippen molar-refractivity contribution in [2.24, 2.45) is 5.73 Å². The van der Waals surface area contributed by atoms with Gasteiger partial charge in [0.25, 0.3) is 0 Å². The molecule has 2 atom stereocenters. The van der Waals surface area contributed by atoms with Crippen LogP contribution in [0.3, 0.4) is 0 Å². The fourth-order valence-electron chi connectivity index (χ4n) is 2.33. The largest absolute Gasteiger partial charge is 0.396 e. The van der Waals surface area contributed by atoms with Gasteiger partial charge in [-0.1, -0.05) is 37.3 Å². The van der Waals surface area contributed by atoms with Crippen molar-refractivity contribution in [3.8, 4) is 0 Å². The standard InChI is InChI=1S/C15H26N2O/c1-3-15(12-16,17-13(2)9-10-18)11-14-7-5-4-6-8-14/h4-8,13,17-18H,3,9-12,16H2,1-2H3. The number of aliphatic hydroxyl groups is 1. The van der Waals surface area contributed by atoms with Crippen LogP contribution in [0.15, 0.2) is 30.3 Å². The van der Waals surface area contributed by atoms with Crippen molar-refractivity contribution in [2.75, 3.05) is 13.2 Å². The second-order valence-electron chi connectivity index (χ2n) is 5.06. The molecular formula is C15H26N2O. The predicted octanol–water partition coefficient (Wildman–Crippen LogP) is 1.70. The highest BCUT2D eigenvalue weighted by atomic mass is 16.3. The highest BCUT2D eigenvalue weighted by Gasteiger charge is 2.27. The van der Waals surface area contributed by atoms with Crippen LogP contribution in [0.25, 0.3) is 0 Å². The van der Waals surface area contributed by atoms with Crippen LogP contribution < -0.4 is 11.1 Å². The summed E-state index contributed by atoms with van der Waals surface area (Å²) >= 11 is 0. The van der Waals surface area contributed by atoms with Gasteiger partial charge in [-0.05, 0) is 31.7 Å². The van der Waals surface area contributed by atoms with Crippen molar-refractivity contribution in [3.63, 3.8) is 0 Å². The van der Waals surface area contributed by atoms with Gasteiger partial charge in [-0.2, -0.15) is 0 Å². The Balaban J connectivity index is 2.73. The van der Waals surface area contributed by atoms with Gasteiger partial charge in [0.15, 0.2) is 0 Å². The molecule has 2 unspecified atom stereocenters. The third-order valence-corrected chi connectivity index (χ3v) is 3.57. The summed E-state index contributed by atoms with van der Waals surface area (Å²) in [5.74, 6) is 0. The van der Waals surface area contributed by atoms with Gasteiger partial charge in [-0.15, -0.1) is 0 Å². The van der Waals surface area contributed by atoms with E-state index in [9.17, 15) is 0 Å². The summed E-state index contributed by atoms with van der Waals surface area (Å²) < 4.78 is 0. The normalized spacial score (nSPS) is 16.2. The zero-order chi connectivity index (χ0) is 13.4. The Kier molecular flexibility index (Phi) is 6.33. The first kappa shape index (κ1) is 15.2. The predicted molar refractivity (Wildman–Crippen MR) is 76.5 cm³/mol. The van der Waals surface area contributed by atoms with Gasteiger partial charge in [0, 0.05) is 24.7 Å². The average Bonchev–Trinajstić information content (AvgIpc) is 2.39. The fourth-order valence-corrected chi connectivity index (χ4v) is 2.33. The van der Waals surface area contributed by atoms with E-state index in [0.29, 0.717) is 6.54 Å². The summed E-state index contributed by atoms with van der Waals surface area (Å²) in [5, 5.41) is 12.6. The summed E-state index contributed by atoms with van der Waals surface area (Å²) in [7, 11) is 0. The Morgan fingerprint density at radius 1 is 1.33 bits per heavy atom. The molecule has 0 aromatic heterocycles. The quantitative estimate of drug-likeness (QED) is 0.658. The molecular weight excluding hydrogens is 224 g/mol. The van der Waals surface area contributed by atoms with E-state index in [1.165, 1.54) is 5.56 Å². The topological polar surface area (TPSA) is 58.3 Å². The Morgan fingerprint density at radius 3 is 2.50 bits per heavy atom. The van der Waals surface area contributed by atoms with Gasteiger partial charge in [-0.25, -0.2) is 0 Å². The first-order chi connectivity index (χ1) is 8.65. The molecule has 0 amide bonds. The Labute approximate surface area is 110 Å². The zero-order valence-electron chi connectivity index (χ0n) is 11.5. The second-order valence-corrected chi connectivity index (χ2v) is 5.06. The lowest BCUT2D eigenvalue weighted by molar-refractivity contribution is 0.231. The average molecular weight is 250 g/mol. The summed E-state index contributed by atoms with van der Waals surface area (Å²) in [6.45, 7) is 5.08. The Morgan fingerprint density at radius 2 is 2.00 bits per heavy atom. The molecule has 0 aliphatic rings. The lowest BCUT2D eigenvalue weighted by atomic mass is 9.87. The highest BCUT2D eigenvalue weighted by molar-refractivity contribution is 5.18. The molecule has 4 N–H and O–H groups in total. The molecule has 18 heavy (non-hydrogen) atoms. The number of benzene rings is 1. The Hall–Kier alpha value is -0.900. The van der Waals surface area contributed by atoms with Gasteiger partial charge in [0.2, 0.25) is 0 Å². The summed E-state index contributed by atoms with van der Waals surface area (Å²) in [6, 6.07) is 10.7. The van der Waals surface area contributed by atoms with Crippen LogP contribution in [-0.2, 0) is 6.42 Å². The minimum atomic E-state index is -0.0735. The molecule has 102 valence electrons. The van der Waals surface area contributed by atoms with Crippen molar-refractivity contribution >= 4 is 0 Å². The lowest BCUT2D eigenvalue weighted by Crippen LogP contribution is -2.55. The van der Waals surface area contributed by atoms with Crippen LogP contribution in [0.1, 0.15) is 32.3 Å². The van der Waals surface area contributed by atoms with E-state index in [4.69, 9.17) is 10.8 Å². The first-order valence-electron chi connectivity index (χ1n) is 6.78. The molecule has 3 heteroatoms. The van der Waals surface area contributed by atoms with Gasteiger partial charge in [0.1, 0.15) is 0 Å².